The smallest absolute Gasteiger partial charge is 0.253 e. The topological polar surface area (TPSA) is 62.3 Å². The number of hydrogen-bond donors (Lipinski definition) is 1. The second-order valence-corrected chi connectivity index (χ2v) is 5.97. The van der Waals surface area contributed by atoms with E-state index in [2.05, 4.69) is 10.3 Å². The van der Waals surface area contributed by atoms with Crippen LogP contribution in [-0.4, -0.2) is 28.4 Å². The molecule has 2 fully saturated rings. The van der Waals surface area contributed by atoms with Crippen molar-refractivity contribution >= 4 is 17.5 Å². The minimum Gasteiger partial charge on any atom is -0.340 e. The Morgan fingerprint density at radius 1 is 1.35 bits per heavy atom. The predicted octanol–water partition coefficient (Wildman–Crippen LogP) is 1.41. The molecular weight excluding hydrogens is 254 g/mol. The van der Waals surface area contributed by atoms with E-state index in [0.29, 0.717) is 5.69 Å². The van der Waals surface area contributed by atoms with E-state index >= 15 is 0 Å². The minimum absolute atomic E-state index is 0.0299. The van der Waals surface area contributed by atoms with Gasteiger partial charge in [0.05, 0.1) is 11.9 Å². The molecule has 1 saturated heterocycles. The molecule has 0 radical (unpaired) electrons. The lowest BCUT2D eigenvalue weighted by Crippen LogP contribution is -2.69. The van der Waals surface area contributed by atoms with Crippen molar-refractivity contribution in [2.24, 2.45) is 5.92 Å². The third-order valence-electron chi connectivity index (χ3n) is 4.38. The van der Waals surface area contributed by atoms with Crippen molar-refractivity contribution < 1.29 is 9.59 Å². The van der Waals surface area contributed by atoms with Gasteiger partial charge in [0, 0.05) is 5.69 Å². The summed E-state index contributed by atoms with van der Waals surface area (Å²) in [4.78, 5) is 30.9. The highest BCUT2D eigenvalue weighted by molar-refractivity contribution is 6.10. The molecular formula is C15H19N3O2. The Morgan fingerprint density at radius 2 is 2.05 bits per heavy atom. The van der Waals surface area contributed by atoms with Crippen LogP contribution in [0.15, 0.2) is 18.3 Å². The van der Waals surface area contributed by atoms with Crippen molar-refractivity contribution in [1.29, 1.82) is 0 Å². The first kappa shape index (κ1) is 13.1. The van der Waals surface area contributed by atoms with E-state index in [4.69, 9.17) is 0 Å². The van der Waals surface area contributed by atoms with Crippen LogP contribution in [0.3, 0.4) is 0 Å². The molecule has 2 amide bonds. The van der Waals surface area contributed by atoms with Gasteiger partial charge in [-0.05, 0) is 51.7 Å². The molecule has 20 heavy (non-hydrogen) atoms. The van der Waals surface area contributed by atoms with Crippen LogP contribution in [0.5, 0.6) is 0 Å². The Kier molecular flexibility index (Phi) is 2.81. The van der Waals surface area contributed by atoms with Gasteiger partial charge in [0.25, 0.3) is 5.91 Å². The number of pyridine rings is 1. The highest BCUT2D eigenvalue weighted by Crippen LogP contribution is 2.42. The van der Waals surface area contributed by atoms with Crippen molar-refractivity contribution in [3.05, 3.63) is 24.0 Å². The fraction of sp³-hybridized carbons (Fsp3) is 0.533. The van der Waals surface area contributed by atoms with Crippen molar-refractivity contribution in [3.63, 3.8) is 0 Å². The lowest BCUT2D eigenvalue weighted by atomic mass is 9.89. The molecule has 2 unspecified atom stereocenters. The predicted molar refractivity (Wildman–Crippen MR) is 75.2 cm³/mol. The minimum atomic E-state index is -0.769. The molecule has 2 atom stereocenters. The largest absolute Gasteiger partial charge is 0.340 e. The lowest BCUT2D eigenvalue weighted by Gasteiger charge is -2.43. The molecule has 1 aliphatic heterocycles. The van der Waals surface area contributed by atoms with Crippen molar-refractivity contribution in [2.75, 3.05) is 4.90 Å². The number of carbonyl (C=O) groups is 2. The highest BCUT2D eigenvalue weighted by atomic mass is 16.2. The van der Waals surface area contributed by atoms with E-state index in [0.717, 1.165) is 18.5 Å². The maximum absolute atomic E-state index is 12.9. The molecule has 1 aromatic heterocycles. The van der Waals surface area contributed by atoms with E-state index < -0.39 is 11.6 Å². The Labute approximate surface area is 118 Å². The highest BCUT2D eigenvalue weighted by Gasteiger charge is 2.54. The Morgan fingerprint density at radius 3 is 2.60 bits per heavy atom. The summed E-state index contributed by atoms with van der Waals surface area (Å²) in [6.07, 6.45) is 3.66. The summed E-state index contributed by atoms with van der Waals surface area (Å²) >= 11 is 0. The molecule has 1 aliphatic carbocycles. The molecule has 1 aromatic rings. The van der Waals surface area contributed by atoms with Crippen LogP contribution in [0.1, 0.15) is 32.4 Å². The van der Waals surface area contributed by atoms with E-state index in [1.807, 2.05) is 26.0 Å². The summed E-state index contributed by atoms with van der Waals surface area (Å²) in [5.41, 5.74) is 0.809. The first-order valence-corrected chi connectivity index (χ1v) is 7.02. The van der Waals surface area contributed by atoms with Gasteiger partial charge >= 0.3 is 0 Å². The first-order valence-electron chi connectivity index (χ1n) is 7.02. The molecule has 5 nitrogen and oxygen atoms in total. The monoisotopic (exact) mass is 273 g/mol. The number of nitrogens with one attached hydrogen (secondary N) is 1. The zero-order valence-electron chi connectivity index (χ0n) is 12.0. The normalized spacial score (nSPS) is 30.4. The molecule has 1 N–H and O–H groups in total. The number of aryl methyl sites for hydroxylation is 1. The quantitative estimate of drug-likeness (QED) is 0.886. The average molecular weight is 273 g/mol. The number of hydrogen-bond acceptors (Lipinski definition) is 3. The summed E-state index contributed by atoms with van der Waals surface area (Å²) in [6, 6.07) is 3.21. The standard InChI is InChI=1S/C15H19N3O2/c1-9-4-7-12(8-16-9)18-10(2)13(19)17-15(3,14(18)20)11-5-6-11/h4,7-8,10-11H,5-6H2,1-3H3,(H,17,19). The van der Waals surface area contributed by atoms with Gasteiger partial charge in [-0.1, -0.05) is 0 Å². The lowest BCUT2D eigenvalue weighted by molar-refractivity contribution is -0.138. The summed E-state index contributed by atoms with van der Waals surface area (Å²) < 4.78 is 0. The fourth-order valence-corrected chi connectivity index (χ4v) is 2.84. The van der Waals surface area contributed by atoms with E-state index in [9.17, 15) is 9.59 Å². The summed E-state index contributed by atoms with van der Waals surface area (Å²) in [5.74, 6) is 0.129. The first-order chi connectivity index (χ1) is 9.43. The average Bonchev–Trinajstić information content (AvgIpc) is 3.24. The van der Waals surface area contributed by atoms with Gasteiger partial charge < -0.3 is 5.32 Å². The van der Waals surface area contributed by atoms with Crippen molar-refractivity contribution in [3.8, 4) is 0 Å². The van der Waals surface area contributed by atoms with Gasteiger partial charge in [-0.3, -0.25) is 19.5 Å². The zero-order valence-corrected chi connectivity index (χ0v) is 12.0. The maximum Gasteiger partial charge on any atom is 0.253 e. The van der Waals surface area contributed by atoms with Crippen LogP contribution in [0, 0.1) is 12.8 Å². The van der Waals surface area contributed by atoms with Gasteiger partial charge in [0.15, 0.2) is 0 Å². The van der Waals surface area contributed by atoms with Crippen LogP contribution in [0.4, 0.5) is 5.69 Å². The molecule has 1 saturated carbocycles. The van der Waals surface area contributed by atoms with E-state index in [1.165, 1.54) is 0 Å². The van der Waals surface area contributed by atoms with E-state index in [-0.39, 0.29) is 17.7 Å². The molecule has 0 bridgehead atoms. The van der Waals surface area contributed by atoms with Gasteiger partial charge in [-0.15, -0.1) is 0 Å². The summed E-state index contributed by atoms with van der Waals surface area (Å²) in [6.45, 7) is 5.48. The van der Waals surface area contributed by atoms with Gasteiger partial charge in [-0.25, -0.2) is 0 Å². The van der Waals surface area contributed by atoms with Gasteiger partial charge in [-0.2, -0.15) is 0 Å². The molecule has 3 rings (SSSR count). The number of rotatable bonds is 2. The number of amides is 2. The Bertz CT molecular complexity index is 565. The van der Waals surface area contributed by atoms with Crippen LogP contribution >= 0.6 is 0 Å². The zero-order chi connectivity index (χ0) is 14.5. The molecule has 0 aromatic carbocycles. The second kappa shape index (κ2) is 4.30. The molecule has 106 valence electrons. The summed E-state index contributed by atoms with van der Waals surface area (Å²) in [5, 5.41) is 2.91. The summed E-state index contributed by atoms with van der Waals surface area (Å²) in [7, 11) is 0. The van der Waals surface area contributed by atoms with Gasteiger partial charge in [0.1, 0.15) is 11.6 Å². The molecule has 5 heteroatoms. The van der Waals surface area contributed by atoms with Crippen LogP contribution in [0.2, 0.25) is 0 Å². The third-order valence-corrected chi connectivity index (χ3v) is 4.38. The van der Waals surface area contributed by atoms with Crippen molar-refractivity contribution in [2.45, 2.75) is 45.2 Å². The van der Waals surface area contributed by atoms with Crippen LogP contribution in [0.25, 0.3) is 0 Å². The van der Waals surface area contributed by atoms with Crippen molar-refractivity contribution in [1.82, 2.24) is 10.3 Å². The Balaban J connectivity index is 2.00. The Hall–Kier alpha value is -1.91. The van der Waals surface area contributed by atoms with Gasteiger partial charge in [0.2, 0.25) is 5.91 Å². The number of piperazine rings is 1. The van der Waals surface area contributed by atoms with Crippen LogP contribution < -0.4 is 10.2 Å². The fourth-order valence-electron chi connectivity index (χ4n) is 2.84. The maximum atomic E-state index is 12.9. The number of carbonyl (C=O) groups excluding carboxylic acids is 2. The number of nitrogens with zero attached hydrogens (tertiary/aromatic N) is 2. The second-order valence-electron chi connectivity index (χ2n) is 5.97. The molecule has 2 heterocycles. The van der Waals surface area contributed by atoms with Crippen LogP contribution in [-0.2, 0) is 9.59 Å². The third kappa shape index (κ3) is 1.88. The number of anilines is 1. The SMILES string of the molecule is Cc1ccc(N2C(=O)C(C)(C3CC3)NC(=O)C2C)cn1. The number of aromatic nitrogens is 1. The van der Waals surface area contributed by atoms with E-state index in [1.54, 1.807) is 18.0 Å². The molecule has 0 spiro atoms. The molecule has 2 aliphatic rings.